The molecule has 1 N–H and O–H groups in total. The lowest BCUT2D eigenvalue weighted by Crippen LogP contribution is -1.98. The molecule has 0 bridgehead atoms. The van der Waals surface area contributed by atoms with Gasteiger partial charge in [0.05, 0.1) is 17.7 Å². The van der Waals surface area contributed by atoms with Crippen LogP contribution in [-0.4, -0.2) is 11.7 Å². The van der Waals surface area contributed by atoms with E-state index in [9.17, 15) is 5.11 Å². The summed E-state index contributed by atoms with van der Waals surface area (Å²) in [6, 6.07) is 12.7. The van der Waals surface area contributed by atoms with Crippen molar-refractivity contribution < 1.29 is 14.6 Å². The maximum Gasteiger partial charge on any atom is 0.169 e. The predicted molar refractivity (Wildman–Crippen MR) is 84.4 cm³/mol. The van der Waals surface area contributed by atoms with Crippen LogP contribution in [0, 0.1) is 0 Å². The molecule has 1 atom stereocenters. The molecule has 0 amide bonds. The fraction of sp³-hybridized carbons (Fsp3) is 0.294. The van der Waals surface area contributed by atoms with E-state index in [2.05, 4.69) is 6.92 Å². The third-order valence-electron chi connectivity index (χ3n) is 2.97. The molecule has 0 spiro atoms. The van der Waals surface area contributed by atoms with Crippen molar-refractivity contribution in [2.45, 2.75) is 26.4 Å². The second-order valence-electron chi connectivity index (χ2n) is 4.76. The maximum absolute atomic E-state index is 9.55. The van der Waals surface area contributed by atoms with Crippen molar-refractivity contribution in [3.8, 4) is 17.2 Å². The first-order valence-electron chi connectivity index (χ1n) is 6.99. The largest absolute Gasteiger partial charge is 0.490 e. The summed E-state index contributed by atoms with van der Waals surface area (Å²) in [7, 11) is 0. The molecule has 0 aromatic heterocycles. The second kappa shape index (κ2) is 7.34. The third kappa shape index (κ3) is 4.13. The minimum atomic E-state index is -0.559. The summed E-state index contributed by atoms with van der Waals surface area (Å²) in [5.74, 6) is 1.85. The summed E-state index contributed by atoms with van der Waals surface area (Å²) < 4.78 is 11.5. The highest BCUT2D eigenvalue weighted by molar-refractivity contribution is 6.32. The Kier molecular flexibility index (Phi) is 5.48. The standard InChI is InChI=1S/C17H19ClO3/c1-3-10-20-16-6-4-5-7-17(16)21-15-9-8-13(12(2)19)11-14(15)18/h4-9,11-12,19H,3,10H2,1-2H3. The van der Waals surface area contributed by atoms with Crippen molar-refractivity contribution in [2.75, 3.05) is 6.61 Å². The molecule has 2 aromatic carbocycles. The smallest absolute Gasteiger partial charge is 0.169 e. The highest BCUT2D eigenvalue weighted by atomic mass is 35.5. The number of rotatable bonds is 6. The molecule has 2 rings (SSSR count). The molecule has 0 fully saturated rings. The van der Waals surface area contributed by atoms with Gasteiger partial charge >= 0.3 is 0 Å². The van der Waals surface area contributed by atoms with Gasteiger partial charge in [0.15, 0.2) is 11.5 Å². The molecule has 0 aliphatic heterocycles. The van der Waals surface area contributed by atoms with Crippen LogP contribution in [-0.2, 0) is 0 Å². The Morgan fingerprint density at radius 2 is 1.81 bits per heavy atom. The van der Waals surface area contributed by atoms with Crippen molar-refractivity contribution in [3.63, 3.8) is 0 Å². The van der Waals surface area contributed by atoms with Crippen LogP contribution in [0.25, 0.3) is 0 Å². The molecule has 1 unspecified atom stereocenters. The van der Waals surface area contributed by atoms with Crippen molar-refractivity contribution in [2.24, 2.45) is 0 Å². The lowest BCUT2D eigenvalue weighted by atomic mass is 10.1. The Bertz CT molecular complexity index is 596. The zero-order chi connectivity index (χ0) is 15.2. The van der Waals surface area contributed by atoms with E-state index in [-0.39, 0.29) is 0 Å². The van der Waals surface area contributed by atoms with Crippen molar-refractivity contribution in [3.05, 3.63) is 53.1 Å². The molecule has 112 valence electrons. The lowest BCUT2D eigenvalue weighted by Gasteiger charge is -2.14. The van der Waals surface area contributed by atoms with Gasteiger partial charge in [0, 0.05) is 0 Å². The minimum absolute atomic E-state index is 0.457. The van der Waals surface area contributed by atoms with Gasteiger partial charge < -0.3 is 14.6 Å². The fourth-order valence-corrected chi connectivity index (χ4v) is 2.07. The molecule has 0 aliphatic carbocycles. The molecule has 0 heterocycles. The number of aliphatic hydroxyl groups excluding tert-OH is 1. The first-order chi connectivity index (χ1) is 10.1. The van der Waals surface area contributed by atoms with Crippen molar-refractivity contribution in [1.29, 1.82) is 0 Å². The Morgan fingerprint density at radius 1 is 1.10 bits per heavy atom. The first-order valence-corrected chi connectivity index (χ1v) is 7.36. The summed E-state index contributed by atoms with van der Waals surface area (Å²) in [6.45, 7) is 4.38. The van der Waals surface area contributed by atoms with E-state index in [1.54, 1.807) is 25.1 Å². The maximum atomic E-state index is 9.55. The number of hydrogen-bond donors (Lipinski definition) is 1. The molecule has 2 aromatic rings. The van der Waals surface area contributed by atoms with Crippen LogP contribution >= 0.6 is 11.6 Å². The van der Waals surface area contributed by atoms with Crippen LogP contribution < -0.4 is 9.47 Å². The number of aliphatic hydroxyl groups is 1. The molecule has 0 aliphatic rings. The zero-order valence-electron chi connectivity index (χ0n) is 12.2. The van der Waals surface area contributed by atoms with E-state index >= 15 is 0 Å². The fourth-order valence-electron chi connectivity index (χ4n) is 1.84. The van der Waals surface area contributed by atoms with Crippen LogP contribution in [0.2, 0.25) is 5.02 Å². The highest BCUT2D eigenvalue weighted by Crippen LogP contribution is 2.36. The lowest BCUT2D eigenvalue weighted by molar-refractivity contribution is 0.199. The van der Waals surface area contributed by atoms with Crippen molar-refractivity contribution >= 4 is 11.6 Å². The van der Waals surface area contributed by atoms with Crippen LogP contribution in [0.3, 0.4) is 0 Å². The summed E-state index contributed by atoms with van der Waals surface area (Å²) in [5.41, 5.74) is 0.753. The quantitative estimate of drug-likeness (QED) is 0.818. The van der Waals surface area contributed by atoms with Gasteiger partial charge in [-0.2, -0.15) is 0 Å². The van der Waals surface area contributed by atoms with E-state index in [1.165, 1.54) is 0 Å². The van der Waals surface area contributed by atoms with Gasteiger partial charge in [0.25, 0.3) is 0 Å². The number of para-hydroxylation sites is 2. The molecule has 4 heteroatoms. The summed E-state index contributed by atoms with van der Waals surface area (Å²) >= 11 is 6.20. The van der Waals surface area contributed by atoms with Crippen LogP contribution in [0.4, 0.5) is 0 Å². The predicted octanol–water partition coefficient (Wildman–Crippen LogP) is 4.97. The molecule has 0 saturated heterocycles. The van der Waals surface area contributed by atoms with Crippen LogP contribution in [0.1, 0.15) is 31.9 Å². The van der Waals surface area contributed by atoms with Gasteiger partial charge in [0.2, 0.25) is 0 Å². The molecular formula is C17H19ClO3. The van der Waals surface area contributed by atoms with Gasteiger partial charge in [0.1, 0.15) is 5.75 Å². The van der Waals surface area contributed by atoms with Crippen LogP contribution in [0.15, 0.2) is 42.5 Å². The number of halogens is 1. The number of hydrogen-bond acceptors (Lipinski definition) is 3. The van der Waals surface area contributed by atoms with Gasteiger partial charge in [-0.15, -0.1) is 0 Å². The van der Waals surface area contributed by atoms with Gasteiger partial charge in [-0.1, -0.05) is 36.7 Å². The number of ether oxygens (including phenoxy) is 2. The molecule has 0 saturated carbocycles. The topological polar surface area (TPSA) is 38.7 Å². The van der Waals surface area contributed by atoms with E-state index in [4.69, 9.17) is 21.1 Å². The third-order valence-corrected chi connectivity index (χ3v) is 3.26. The Labute approximate surface area is 130 Å². The minimum Gasteiger partial charge on any atom is -0.490 e. The summed E-state index contributed by atoms with van der Waals surface area (Å²) in [5, 5.41) is 10.0. The highest BCUT2D eigenvalue weighted by Gasteiger charge is 2.10. The van der Waals surface area contributed by atoms with E-state index in [0.717, 1.165) is 12.0 Å². The first kappa shape index (κ1) is 15.7. The molecule has 21 heavy (non-hydrogen) atoms. The second-order valence-corrected chi connectivity index (χ2v) is 5.17. The SMILES string of the molecule is CCCOc1ccccc1Oc1ccc(C(C)O)cc1Cl. The number of benzene rings is 2. The average Bonchev–Trinajstić information content (AvgIpc) is 2.48. The van der Waals surface area contributed by atoms with Crippen LogP contribution in [0.5, 0.6) is 17.2 Å². The van der Waals surface area contributed by atoms with E-state index in [0.29, 0.717) is 28.9 Å². The Morgan fingerprint density at radius 3 is 2.43 bits per heavy atom. The monoisotopic (exact) mass is 306 g/mol. The molecule has 3 nitrogen and oxygen atoms in total. The zero-order valence-corrected chi connectivity index (χ0v) is 12.9. The Balaban J connectivity index is 2.22. The Hall–Kier alpha value is -1.71. The van der Waals surface area contributed by atoms with E-state index < -0.39 is 6.10 Å². The van der Waals surface area contributed by atoms with Crippen molar-refractivity contribution in [1.82, 2.24) is 0 Å². The average molecular weight is 307 g/mol. The summed E-state index contributed by atoms with van der Waals surface area (Å²) in [6.07, 6.45) is 0.370. The normalized spacial score (nSPS) is 12.0. The molecule has 0 radical (unpaired) electrons. The van der Waals surface area contributed by atoms with Gasteiger partial charge in [-0.05, 0) is 43.2 Å². The van der Waals surface area contributed by atoms with Gasteiger partial charge in [-0.3, -0.25) is 0 Å². The summed E-state index contributed by atoms with van der Waals surface area (Å²) in [4.78, 5) is 0. The van der Waals surface area contributed by atoms with Gasteiger partial charge in [-0.25, -0.2) is 0 Å². The van der Waals surface area contributed by atoms with E-state index in [1.807, 2.05) is 24.3 Å². The molecular weight excluding hydrogens is 288 g/mol.